The molecule has 0 saturated carbocycles. The van der Waals surface area contributed by atoms with Crippen LogP contribution in [-0.4, -0.2) is 23.9 Å². The average molecular weight is 237 g/mol. The van der Waals surface area contributed by atoms with Crippen molar-refractivity contribution < 1.29 is 4.79 Å². The van der Waals surface area contributed by atoms with E-state index in [1.807, 2.05) is 4.90 Å². The average Bonchev–Trinajstić information content (AvgIpc) is 2.27. The van der Waals surface area contributed by atoms with Gasteiger partial charge in [-0.25, -0.2) is 0 Å². The van der Waals surface area contributed by atoms with Crippen molar-refractivity contribution in [1.82, 2.24) is 4.90 Å². The van der Waals surface area contributed by atoms with Crippen LogP contribution < -0.4 is 0 Å². The molecule has 0 N–H and O–H groups in total. The number of rotatable bonds is 9. The van der Waals surface area contributed by atoms with Crippen LogP contribution >= 0.6 is 0 Å². The standard InChI is InChI=1S/C15H27NO/c1-6-9-10-11-15(4,5)13-16(12-7-2)14(17)8-3/h7-8H,2-3,6,9-13H2,1,4-5H3. The summed E-state index contributed by atoms with van der Waals surface area (Å²) in [7, 11) is 0. The second kappa shape index (κ2) is 8.10. The Kier molecular flexibility index (Phi) is 7.60. The third-order valence-electron chi connectivity index (χ3n) is 2.91. The monoisotopic (exact) mass is 237 g/mol. The second-order valence-electron chi connectivity index (χ2n) is 5.33. The molecule has 0 atom stereocenters. The van der Waals surface area contributed by atoms with Crippen molar-refractivity contribution in [2.45, 2.75) is 46.5 Å². The van der Waals surface area contributed by atoms with Gasteiger partial charge in [-0.1, -0.05) is 52.7 Å². The molecule has 0 unspecified atom stereocenters. The molecule has 17 heavy (non-hydrogen) atoms. The van der Waals surface area contributed by atoms with E-state index in [-0.39, 0.29) is 11.3 Å². The Morgan fingerprint density at radius 3 is 2.41 bits per heavy atom. The molecule has 2 heteroatoms. The zero-order valence-electron chi connectivity index (χ0n) is 11.7. The highest BCUT2D eigenvalue weighted by molar-refractivity contribution is 5.87. The van der Waals surface area contributed by atoms with Crippen molar-refractivity contribution in [1.29, 1.82) is 0 Å². The normalized spacial score (nSPS) is 11.0. The molecular formula is C15H27NO. The van der Waals surface area contributed by atoms with Crippen LogP contribution in [0.4, 0.5) is 0 Å². The highest BCUT2D eigenvalue weighted by Gasteiger charge is 2.22. The summed E-state index contributed by atoms with van der Waals surface area (Å²) in [6.45, 7) is 15.3. The maximum atomic E-state index is 11.7. The van der Waals surface area contributed by atoms with Crippen LogP contribution in [0.2, 0.25) is 0 Å². The minimum atomic E-state index is -0.00605. The van der Waals surface area contributed by atoms with E-state index >= 15 is 0 Å². The molecule has 0 fully saturated rings. The van der Waals surface area contributed by atoms with Crippen LogP contribution in [0.15, 0.2) is 25.3 Å². The lowest BCUT2D eigenvalue weighted by Gasteiger charge is -2.31. The third kappa shape index (κ3) is 6.98. The Balaban J connectivity index is 4.34. The van der Waals surface area contributed by atoms with Gasteiger partial charge in [0.25, 0.3) is 0 Å². The van der Waals surface area contributed by atoms with Gasteiger partial charge < -0.3 is 4.90 Å². The number of hydrogen-bond acceptors (Lipinski definition) is 1. The minimum Gasteiger partial charge on any atom is -0.335 e. The van der Waals surface area contributed by atoms with E-state index in [9.17, 15) is 4.79 Å². The molecule has 0 saturated heterocycles. The van der Waals surface area contributed by atoms with Crippen molar-refractivity contribution in [3.8, 4) is 0 Å². The molecule has 0 rings (SSSR count). The first-order valence-corrected chi connectivity index (χ1v) is 6.49. The summed E-state index contributed by atoms with van der Waals surface area (Å²) in [5.41, 5.74) is 0.164. The van der Waals surface area contributed by atoms with Gasteiger partial charge in [0, 0.05) is 13.1 Å². The van der Waals surface area contributed by atoms with Crippen LogP contribution in [0.3, 0.4) is 0 Å². The molecule has 0 aliphatic carbocycles. The van der Waals surface area contributed by atoms with Gasteiger partial charge in [0.2, 0.25) is 5.91 Å². The van der Waals surface area contributed by atoms with Gasteiger partial charge in [0.1, 0.15) is 0 Å². The first-order chi connectivity index (χ1) is 7.96. The number of nitrogens with zero attached hydrogens (tertiary/aromatic N) is 1. The van der Waals surface area contributed by atoms with E-state index in [2.05, 4.69) is 33.9 Å². The van der Waals surface area contributed by atoms with Crippen molar-refractivity contribution in [3.63, 3.8) is 0 Å². The third-order valence-corrected chi connectivity index (χ3v) is 2.91. The van der Waals surface area contributed by atoms with Crippen molar-refractivity contribution in [3.05, 3.63) is 25.3 Å². The smallest absolute Gasteiger partial charge is 0.246 e. The zero-order chi connectivity index (χ0) is 13.3. The van der Waals surface area contributed by atoms with Gasteiger partial charge in [-0.05, 0) is 17.9 Å². The number of carbonyl (C=O) groups excluding carboxylic acids is 1. The SMILES string of the molecule is C=CCN(CC(C)(C)CCCCC)C(=O)C=C. The summed E-state index contributed by atoms with van der Waals surface area (Å²) in [5, 5.41) is 0. The van der Waals surface area contributed by atoms with Crippen LogP contribution in [0.1, 0.15) is 46.5 Å². The highest BCUT2D eigenvalue weighted by Crippen LogP contribution is 2.25. The van der Waals surface area contributed by atoms with Crippen molar-refractivity contribution in [2.75, 3.05) is 13.1 Å². The van der Waals surface area contributed by atoms with Gasteiger partial charge in [-0.15, -0.1) is 6.58 Å². The van der Waals surface area contributed by atoms with E-state index in [1.165, 1.54) is 25.3 Å². The van der Waals surface area contributed by atoms with Gasteiger partial charge in [-0.3, -0.25) is 4.79 Å². The lowest BCUT2D eigenvalue weighted by atomic mass is 9.86. The maximum absolute atomic E-state index is 11.7. The van der Waals surface area contributed by atoms with Gasteiger partial charge in [-0.2, -0.15) is 0 Å². The fourth-order valence-electron chi connectivity index (χ4n) is 1.97. The van der Waals surface area contributed by atoms with Crippen LogP contribution in [0.5, 0.6) is 0 Å². The Bertz CT molecular complexity index is 256. The molecule has 0 aliphatic heterocycles. The molecule has 0 aliphatic rings. The first-order valence-electron chi connectivity index (χ1n) is 6.49. The van der Waals surface area contributed by atoms with Crippen molar-refractivity contribution >= 4 is 5.91 Å². The molecule has 0 aromatic heterocycles. The molecule has 1 amide bonds. The first kappa shape index (κ1) is 16.0. The minimum absolute atomic E-state index is 0.00605. The van der Waals surface area contributed by atoms with Crippen LogP contribution in [0, 0.1) is 5.41 Å². The van der Waals surface area contributed by atoms with Gasteiger partial charge in [0.15, 0.2) is 0 Å². The molecule has 0 heterocycles. The molecule has 0 spiro atoms. The Labute approximate surface area is 106 Å². The topological polar surface area (TPSA) is 20.3 Å². The Morgan fingerprint density at radius 1 is 1.29 bits per heavy atom. The fourth-order valence-corrected chi connectivity index (χ4v) is 1.97. The molecule has 0 bridgehead atoms. The van der Waals surface area contributed by atoms with Gasteiger partial charge >= 0.3 is 0 Å². The predicted octanol–water partition coefficient (Wildman–Crippen LogP) is 3.79. The molecule has 2 nitrogen and oxygen atoms in total. The number of unbranched alkanes of at least 4 members (excludes halogenated alkanes) is 2. The van der Waals surface area contributed by atoms with E-state index in [4.69, 9.17) is 0 Å². The lowest BCUT2D eigenvalue weighted by molar-refractivity contribution is -0.126. The fraction of sp³-hybridized carbons (Fsp3) is 0.667. The summed E-state index contributed by atoms with van der Waals surface area (Å²) in [4.78, 5) is 13.5. The summed E-state index contributed by atoms with van der Waals surface area (Å²) in [6.07, 6.45) is 8.03. The van der Waals surface area contributed by atoms with E-state index in [0.29, 0.717) is 6.54 Å². The Hall–Kier alpha value is -1.05. The molecular weight excluding hydrogens is 210 g/mol. The zero-order valence-corrected chi connectivity index (χ0v) is 11.7. The molecule has 0 radical (unpaired) electrons. The largest absolute Gasteiger partial charge is 0.335 e. The molecule has 0 aromatic rings. The van der Waals surface area contributed by atoms with E-state index in [1.54, 1.807) is 6.08 Å². The summed E-state index contributed by atoms with van der Waals surface area (Å²) >= 11 is 0. The van der Waals surface area contributed by atoms with Crippen LogP contribution in [-0.2, 0) is 4.79 Å². The number of amides is 1. The van der Waals surface area contributed by atoms with Crippen molar-refractivity contribution in [2.24, 2.45) is 5.41 Å². The predicted molar refractivity (Wildman–Crippen MR) is 74.9 cm³/mol. The van der Waals surface area contributed by atoms with Crippen LogP contribution in [0.25, 0.3) is 0 Å². The maximum Gasteiger partial charge on any atom is 0.246 e. The second-order valence-corrected chi connectivity index (χ2v) is 5.33. The summed E-state index contributed by atoms with van der Waals surface area (Å²) in [6, 6.07) is 0. The Morgan fingerprint density at radius 2 is 1.94 bits per heavy atom. The quantitative estimate of drug-likeness (QED) is 0.339. The summed E-state index contributed by atoms with van der Waals surface area (Å²) in [5.74, 6) is -0.00605. The highest BCUT2D eigenvalue weighted by atomic mass is 16.2. The summed E-state index contributed by atoms with van der Waals surface area (Å²) < 4.78 is 0. The van der Waals surface area contributed by atoms with E-state index in [0.717, 1.165) is 13.0 Å². The number of carbonyl (C=O) groups is 1. The molecule has 98 valence electrons. The van der Waals surface area contributed by atoms with E-state index < -0.39 is 0 Å². The number of hydrogen-bond donors (Lipinski definition) is 0. The van der Waals surface area contributed by atoms with Gasteiger partial charge in [0.05, 0.1) is 0 Å². The lowest BCUT2D eigenvalue weighted by Crippen LogP contribution is -2.38. The molecule has 0 aromatic carbocycles.